The molecule has 0 saturated carbocycles. The molecule has 1 fully saturated rings. The number of hydrogen-bond donors (Lipinski definition) is 2. The molecule has 1 amide bonds. The molecule has 1 aliphatic heterocycles. The molecule has 1 aliphatic rings. The van der Waals surface area contributed by atoms with Gasteiger partial charge in [-0.2, -0.15) is 0 Å². The van der Waals surface area contributed by atoms with Crippen molar-refractivity contribution < 1.29 is 9.53 Å². The number of nitrogens with one attached hydrogen (secondary N) is 2. The van der Waals surface area contributed by atoms with Crippen molar-refractivity contribution in [2.45, 2.75) is 32.4 Å². The fourth-order valence-electron chi connectivity index (χ4n) is 3.19. The molecule has 27 heavy (non-hydrogen) atoms. The van der Waals surface area contributed by atoms with Crippen LogP contribution in [0.1, 0.15) is 33.8 Å². The van der Waals surface area contributed by atoms with Crippen molar-refractivity contribution in [3.63, 3.8) is 0 Å². The Morgan fingerprint density at radius 2 is 2.26 bits per heavy atom. The average molecular weight is 383 g/mol. The Kier molecular flexibility index (Phi) is 5.26. The summed E-state index contributed by atoms with van der Waals surface area (Å²) in [6.45, 7) is 3.87. The Labute approximate surface area is 161 Å². The first-order valence-electron chi connectivity index (χ1n) is 9.00. The number of aryl methyl sites for hydroxylation is 1. The molecule has 0 aliphatic carbocycles. The fourth-order valence-corrected chi connectivity index (χ4v) is 4.26. The van der Waals surface area contributed by atoms with Crippen molar-refractivity contribution in [1.82, 2.24) is 20.3 Å². The molecule has 7 nitrogen and oxygen atoms in total. The fraction of sp³-hybridized carbons (Fsp3) is 0.368. The molecule has 140 valence electrons. The average Bonchev–Trinajstić information content (AvgIpc) is 3.34. The molecule has 8 heteroatoms. The van der Waals surface area contributed by atoms with Gasteiger partial charge in [-0.3, -0.25) is 9.78 Å². The van der Waals surface area contributed by atoms with Gasteiger partial charge >= 0.3 is 0 Å². The van der Waals surface area contributed by atoms with E-state index in [9.17, 15) is 4.79 Å². The number of thiophene rings is 1. The van der Waals surface area contributed by atoms with Crippen molar-refractivity contribution in [2.24, 2.45) is 0 Å². The van der Waals surface area contributed by atoms with Crippen LogP contribution in [0.25, 0.3) is 10.2 Å². The van der Waals surface area contributed by atoms with E-state index in [-0.39, 0.29) is 12.0 Å². The third-order valence-corrected chi connectivity index (χ3v) is 5.81. The first-order valence-corrected chi connectivity index (χ1v) is 9.81. The molecule has 0 aromatic carbocycles. The zero-order valence-corrected chi connectivity index (χ0v) is 15.9. The first-order chi connectivity index (χ1) is 13.2. The SMILES string of the molecule is Cc1c(C(=O)NCc2ccccn2)sc2ncnc(NCC3CCCO3)c12. The maximum Gasteiger partial charge on any atom is 0.262 e. The van der Waals surface area contributed by atoms with Crippen LogP contribution in [0, 0.1) is 6.92 Å². The predicted molar refractivity (Wildman–Crippen MR) is 105 cm³/mol. The standard InChI is InChI=1S/C19H21N5O2S/c1-12-15-17(21-10-14-6-4-8-26-14)23-11-24-19(15)27-16(12)18(25)22-9-13-5-2-3-7-20-13/h2-3,5,7,11,14H,4,6,8-10H2,1H3,(H,22,25)(H,21,23,24). The van der Waals surface area contributed by atoms with E-state index in [1.54, 1.807) is 6.20 Å². The van der Waals surface area contributed by atoms with Crippen LogP contribution in [-0.2, 0) is 11.3 Å². The van der Waals surface area contributed by atoms with E-state index < -0.39 is 0 Å². The molecule has 4 rings (SSSR count). The Morgan fingerprint density at radius 3 is 3.04 bits per heavy atom. The number of nitrogens with zero attached hydrogens (tertiary/aromatic N) is 3. The van der Waals surface area contributed by atoms with E-state index in [2.05, 4.69) is 25.6 Å². The highest BCUT2D eigenvalue weighted by Crippen LogP contribution is 2.33. The first kappa shape index (κ1) is 17.8. The molecule has 0 bridgehead atoms. The largest absolute Gasteiger partial charge is 0.376 e. The molecule has 1 unspecified atom stereocenters. The van der Waals surface area contributed by atoms with E-state index >= 15 is 0 Å². The van der Waals surface area contributed by atoms with Crippen LogP contribution in [0.4, 0.5) is 5.82 Å². The van der Waals surface area contributed by atoms with E-state index in [0.717, 1.165) is 46.7 Å². The number of anilines is 1. The Balaban J connectivity index is 1.52. The Bertz CT molecular complexity index is 938. The van der Waals surface area contributed by atoms with E-state index in [1.807, 2.05) is 25.1 Å². The molecule has 1 saturated heterocycles. The summed E-state index contributed by atoms with van der Waals surface area (Å²) in [6.07, 6.45) is 5.63. The summed E-state index contributed by atoms with van der Waals surface area (Å²) in [5, 5.41) is 7.21. The number of pyridine rings is 1. The maximum absolute atomic E-state index is 12.7. The normalized spacial score (nSPS) is 16.6. The highest BCUT2D eigenvalue weighted by Gasteiger charge is 2.21. The third-order valence-electron chi connectivity index (χ3n) is 4.61. The van der Waals surface area contributed by atoms with E-state index in [1.165, 1.54) is 17.7 Å². The van der Waals surface area contributed by atoms with Gasteiger partial charge < -0.3 is 15.4 Å². The number of rotatable bonds is 6. The highest BCUT2D eigenvalue weighted by molar-refractivity contribution is 7.20. The van der Waals surface area contributed by atoms with Gasteiger partial charge in [0, 0.05) is 19.3 Å². The maximum atomic E-state index is 12.7. The van der Waals surface area contributed by atoms with Crippen LogP contribution in [0.15, 0.2) is 30.7 Å². The number of fused-ring (bicyclic) bond motifs is 1. The molecule has 1 atom stereocenters. The second-order valence-corrected chi connectivity index (χ2v) is 7.48. The van der Waals surface area contributed by atoms with Gasteiger partial charge in [-0.1, -0.05) is 6.07 Å². The smallest absolute Gasteiger partial charge is 0.262 e. The number of carbonyl (C=O) groups is 1. The number of amides is 1. The van der Waals surface area contributed by atoms with Crippen molar-refractivity contribution in [3.05, 3.63) is 46.9 Å². The summed E-state index contributed by atoms with van der Waals surface area (Å²) < 4.78 is 5.66. The van der Waals surface area contributed by atoms with Gasteiger partial charge in [-0.25, -0.2) is 9.97 Å². The molecule has 0 radical (unpaired) electrons. The third kappa shape index (κ3) is 3.91. The molecule has 3 aromatic heterocycles. The van der Waals surface area contributed by atoms with Crippen molar-refractivity contribution >= 4 is 33.3 Å². The summed E-state index contributed by atoms with van der Waals surface area (Å²) in [5.41, 5.74) is 1.72. The lowest BCUT2D eigenvalue weighted by Crippen LogP contribution is -2.23. The van der Waals surface area contributed by atoms with Crippen LogP contribution in [0.5, 0.6) is 0 Å². The molecule has 2 N–H and O–H groups in total. The van der Waals surface area contributed by atoms with Gasteiger partial charge in [0.25, 0.3) is 5.91 Å². The second kappa shape index (κ2) is 7.98. The van der Waals surface area contributed by atoms with Gasteiger partial charge in [-0.05, 0) is 37.5 Å². The molecular weight excluding hydrogens is 362 g/mol. The molecule has 4 heterocycles. The summed E-state index contributed by atoms with van der Waals surface area (Å²) in [4.78, 5) is 27.1. The lowest BCUT2D eigenvalue weighted by atomic mass is 10.2. The van der Waals surface area contributed by atoms with Crippen LogP contribution < -0.4 is 10.6 Å². The van der Waals surface area contributed by atoms with E-state index in [0.29, 0.717) is 18.0 Å². The summed E-state index contributed by atoms with van der Waals surface area (Å²) in [6, 6.07) is 5.64. The minimum absolute atomic E-state index is 0.119. The number of ether oxygens (including phenoxy) is 1. The van der Waals surface area contributed by atoms with Gasteiger partial charge in [0.15, 0.2) is 0 Å². The van der Waals surface area contributed by atoms with Crippen molar-refractivity contribution in [3.8, 4) is 0 Å². The van der Waals surface area contributed by atoms with Crippen LogP contribution in [-0.4, -0.2) is 40.1 Å². The topological polar surface area (TPSA) is 89.0 Å². The lowest BCUT2D eigenvalue weighted by molar-refractivity contribution is 0.0954. The van der Waals surface area contributed by atoms with Crippen LogP contribution in [0.2, 0.25) is 0 Å². The molecule has 3 aromatic rings. The summed E-state index contributed by atoms with van der Waals surface area (Å²) in [5.74, 6) is 0.638. The number of carbonyl (C=O) groups excluding carboxylic acids is 1. The predicted octanol–water partition coefficient (Wildman–Crippen LogP) is 2.92. The van der Waals surface area contributed by atoms with Gasteiger partial charge in [0.2, 0.25) is 0 Å². The van der Waals surface area contributed by atoms with Gasteiger partial charge in [0.1, 0.15) is 17.0 Å². The zero-order valence-electron chi connectivity index (χ0n) is 15.1. The lowest BCUT2D eigenvalue weighted by Gasteiger charge is -2.12. The zero-order chi connectivity index (χ0) is 18.6. The molecular formula is C19H21N5O2S. The monoisotopic (exact) mass is 383 g/mol. The minimum atomic E-state index is -0.119. The van der Waals surface area contributed by atoms with Crippen LogP contribution >= 0.6 is 11.3 Å². The quantitative estimate of drug-likeness (QED) is 0.680. The van der Waals surface area contributed by atoms with E-state index in [4.69, 9.17) is 4.74 Å². The van der Waals surface area contributed by atoms with Crippen molar-refractivity contribution in [2.75, 3.05) is 18.5 Å². The molecule has 0 spiro atoms. The minimum Gasteiger partial charge on any atom is -0.376 e. The Morgan fingerprint density at radius 1 is 1.33 bits per heavy atom. The number of aromatic nitrogens is 3. The van der Waals surface area contributed by atoms with Crippen LogP contribution in [0.3, 0.4) is 0 Å². The second-order valence-electron chi connectivity index (χ2n) is 6.48. The van der Waals surface area contributed by atoms with Crippen molar-refractivity contribution in [1.29, 1.82) is 0 Å². The summed E-state index contributed by atoms with van der Waals surface area (Å²) >= 11 is 1.38. The van der Waals surface area contributed by atoms with Gasteiger partial charge in [0.05, 0.1) is 28.6 Å². The highest BCUT2D eigenvalue weighted by atomic mass is 32.1. The Hall–Kier alpha value is -2.58. The number of hydrogen-bond acceptors (Lipinski definition) is 7. The van der Waals surface area contributed by atoms with Gasteiger partial charge in [-0.15, -0.1) is 11.3 Å². The summed E-state index contributed by atoms with van der Waals surface area (Å²) in [7, 11) is 0.